The Bertz CT molecular complexity index is 686. The molecule has 21 heavy (non-hydrogen) atoms. The van der Waals surface area contributed by atoms with Crippen molar-refractivity contribution in [1.82, 2.24) is 4.31 Å². The number of aliphatic hydroxyl groups is 1. The summed E-state index contributed by atoms with van der Waals surface area (Å²) in [5.74, 6) is -0.463. The summed E-state index contributed by atoms with van der Waals surface area (Å²) in [5.41, 5.74) is 1.38. The van der Waals surface area contributed by atoms with Gasteiger partial charge in [0.1, 0.15) is 0 Å². The fourth-order valence-electron chi connectivity index (χ4n) is 2.84. The number of aliphatic hydroxyl groups excluding tert-OH is 1. The first-order valence-electron chi connectivity index (χ1n) is 7.02. The number of piperidine rings is 1. The van der Waals surface area contributed by atoms with Crippen molar-refractivity contribution in [3.63, 3.8) is 0 Å². The summed E-state index contributed by atoms with van der Waals surface area (Å²) in [5, 5.41) is 12.4. The van der Waals surface area contributed by atoms with Crippen LogP contribution >= 0.6 is 0 Å². The highest BCUT2D eigenvalue weighted by Crippen LogP contribution is 2.34. The number of amides is 1. The van der Waals surface area contributed by atoms with E-state index in [9.17, 15) is 18.3 Å². The van der Waals surface area contributed by atoms with E-state index in [2.05, 4.69) is 5.32 Å². The summed E-state index contributed by atoms with van der Waals surface area (Å²) in [6.45, 7) is 2.30. The van der Waals surface area contributed by atoms with E-state index in [1.807, 2.05) is 0 Å². The molecule has 1 amide bonds. The van der Waals surface area contributed by atoms with Crippen LogP contribution in [-0.4, -0.2) is 42.9 Å². The van der Waals surface area contributed by atoms with E-state index in [0.29, 0.717) is 30.6 Å². The number of anilines is 1. The molecule has 1 aromatic rings. The number of hydrogen-bond acceptors (Lipinski definition) is 4. The van der Waals surface area contributed by atoms with Crippen molar-refractivity contribution in [2.75, 3.05) is 18.4 Å². The van der Waals surface area contributed by atoms with Crippen molar-refractivity contribution in [3.05, 3.63) is 23.8 Å². The predicted molar refractivity (Wildman–Crippen MR) is 77.5 cm³/mol. The molecule has 114 valence electrons. The maximum atomic E-state index is 12.6. The van der Waals surface area contributed by atoms with Gasteiger partial charge in [-0.3, -0.25) is 4.79 Å². The molecule has 0 aliphatic carbocycles. The highest BCUT2D eigenvalue weighted by molar-refractivity contribution is 7.89. The minimum Gasteiger partial charge on any atom is -0.392 e. The number of benzene rings is 1. The van der Waals surface area contributed by atoms with Crippen molar-refractivity contribution < 1.29 is 18.3 Å². The Hall–Kier alpha value is -1.44. The second kappa shape index (κ2) is 5.08. The van der Waals surface area contributed by atoms with Crippen molar-refractivity contribution >= 4 is 21.6 Å². The third-order valence-electron chi connectivity index (χ3n) is 4.14. The lowest BCUT2D eigenvalue weighted by atomic mass is 10.0. The molecule has 2 atom stereocenters. The molecular formula is C14H18N2O4S. The molecule has 7 heteroatoms. The quantitative estimate of drug-likeness (QED) is 0.849. The second-order valence-corrected chi connectivity index (χ2v) is 7.56. The SMILES string of the molecule is CC1C(=O)Nc2ccc(S(=O)(=O)N3CCC[C@H](O)C3)cc21. The lowest BCUT2D eigenvalue weighted by molar-refractivity contribution is -0.116. The number of nitrogens with one attached hydrogen (secondary N) is 1. The molecule has 2 N–H and O–H groups in total. The van der Waals surface area contributed by atoms with Crippen molar-refractivity contribution in [3.8, 4) is 0 Å². The maximum Gasteiger partial charge on any atom is 0.243 e. The number of fused-ring (bicyclic) bond motifs is 1. The highest BCUT2D eigenvalue weighted by atomic mass is 32.2. The van der Waals surface area contributed by atoms with Crippen LogP contribution in [0.4, 0.5) is 5.69 Å². The van der Waals surface area contributed by atoms with Gasteiger partial charge in [0, 0.05) is 18.8 Å². The van der Waals surface area contributed by atoms with Gasteiger partial charge < -0.3 is 10.4 Å². The highest BCUT2D eigenvalue weighted by Gasteiger charge is 2.32. The Morgan fingerprint density at radius 2 is 2.14 bits per heavy atom. The number of nitrogens with zero attached hydrogens (tertiary/aromatic N) is 1. The Kier molecular flexibility index (Phi) is 3.51. The predicted octanol–water partition coefficient (Wildman–Crippen LogP) is 0.888. The molecular weight excluding hydrogens is 292 g/mol. The fraction of sp³-hybridized carbons (Fsp3) is 0.500. The van der Waals surface area contributed by atoms with E-state index >= 15 is 0 Å². The molecule has 6 nitrogen and oxygen atoms in total. The van der Waals surface area contributed by atoms with Crippen LogP contribution in [0.5, 0.6) is 0 Å². The largest absolute Gasteiger partial charge is 0.392 e. The molecule has 0 spiro atoms. The Labute approximate surface area is 123 Å². The van der Waals surface area contributed by atoms with Crippen LogP contribution in [0.1, 0.15) is 31.2 Å². The summed E-state index contributed by atoms with van der Waals surface area (Å²) in [6, 6.07) is 4.70. The lowest BCUT2D eigenvalue weighted by Crippen LogP contribution is -2.42. The molecule has 0 saturated carbocycles. The first-order chi connectivity index (χ1) is 9.89. The number of hydrogen-bond donors (Lipinski definition) is 2. The number of β-amino-alcohol motifs (C(OH)–C–C–N with tert-alkyl or cyclic N) is 1. The molecule has 3 rings (SSSR count). The van der Waals surface area contributed by atoms with Crippen LogP contribution in [0.2, 0.25) is 0 Å². The summed E-state index contributed by atoms with van der Waals surface area (Å²) < 4.78 is 26.6. The molecule has 2 aliphatic rings. The van der Waals surface area contributed by atoms with Crippen molar-refractivity contribution in [2.45, 2.75) is 36.7 Å². The second-order valence-electron chi connectivity index (χ2n) is 5.62. The van der Waals surface area contributed by atoms with Gasteiger partial charge in [0.2, 0.25) is 15.9 Å². The van der Waals surface area contributed by atoms with E-state index in [-0.39, 0.29) is 23.3 Å². The summed E-state index contributed by atoms with van der Waals surface area (Å²) in [6.07, 6.45) is 0.679. The van der Waals surface area contributed by atoms with E-state index in [0.717, 1.165) is 0 Å². The molecule has 1 unspecified atom stereocenters. The maximum absolute atomic E-state index is 12.6. The van der Waals surface area contributed by atoms with Gasteiger partial charge in [-0.2, -0.15) is 4.31 Å². The van der Waals surface area contributed by atoms with Crippen LogP contribution in [-0.2, 0) is 14.8 Å². The van der Waals surface area contributed by atoms with Gasteiger partial charge in [-0.1, -0.05) is 0 Å². The Morgan fingerprint density at radius 1 is 1.38 bits per heavy atom. The fourth-order valence-corrected chi connectivity index (χ4v) is 4.40. The van der Waals surface area contributed by atoms with Crippen LogP contribution in [0, 0.1) is 0 Å². The van der Waals surface area contributed by atoms with Crippen LogP contribution in [0.3, 0.4) is 0 Å². The zero-order chi connectivity index (χ0) is 15.2. The van der Waals surface area contributed by atoms with Crippen LogP contribution in [0.25, 0.3) is 0 Å². The summed E-state index contributed by atoms with van der Waals surface area (Å²) in [4.78, 5) is 11.8. The van der Waals surface area contributed by atoms with Gasteiger partial charge in [0.05, 0.1) is 16.9 Å². The molecule has 0 aromatic heterocycles. The molecule has 0 radical (unpaired) electrons. The standard InChI is InChI=1S/C14H18N2O4S/c1-9-12-7-11(4-5-13(12)15-14(9)18)21(19,20)16-6-2-3-10(17)8-16/h4-5,7,9-10,17H,2-3,6,8H2,1H3,(H,15,18)/t9?,10-/m0/s1. The normalized spacial score (nSPS) is 26.5. The van der Waals surface area contributed by atoms with Gasteiger partial charge in [0.15, 0.2) is 0 Å². The van der Waals surface area contributed by atoms with Crippen molar-refractivity contribution in [1.29, 1.82) is 0 Å². The average Bonchev–Trinajstić information content (AvgIpc) is 2.74. The number of rotatable bonds is 2. The molecule has 2 aliphatic heterocycles. The number of carbonyl (C=O) groups is 1. The average molecular weight is 310 g/mol. The molecule has 1 saturated heterocycles. The minimum atomic E-state index is -3.62. The van der Waals surface area contributed by atoms with Gasteiger partial charge >= 0.3 is 0 Å². The minimum absolute atomic E-state index is 0.118. The van der Waals surface area contributed by atoms with Crippen molar-refractivity contribution in [2.24, 2.45) is 0 Å². The summed E-state index contributed by atoms with van der Waals surface area (Å²) >= 11 is 0. The van der Waals surface area contributed by atoms with E-state index in [4.69, 9.17) is 0 Å². The monoisotopic (exact) mass is 310 g/mol. The van der Waals surface area contributed by atoms with Gasteiger partial charge in [0.25, 0.3) is 0 Å². The first kappa shape index (κ1) is 14.5. The smallest absolute Gasteiger partial charge is 0.243 e. The van der Waals surface area contributed by atoms with E-state index in [1.54, 1.807) is 19.1 Å². The molecule has 1 aromatic carbocycles. The van der Waals surface area contributed by atoms with Gasteiger partial charge in [-0.05, 0) is 43.5 Å². The molecule has 1 fully saturated rings. The third kappa shape index (κ3) is 2.45. The van der Waals surface area contributed by atoms with Gasteiger partial charge in [-0.25, -0.2) is 8.42 Å². The molecule has 2 heterocycles. The van der Waals surface area contributed by atoms with E-state index < -0.39 is 16.1 Å². The van der Waals surface area contributed by atoms with Crippen LogP contribution in [0.15, 0.2) is 23.1 Å². The zero-order valence-electron chi connectivity index (χ0n) is 11.7. The third-order valence-corrected chi connectivity index (χ3v) is 6.00. The van der Waals surface area contributed by atoms with Gasteiger partial charge in [-0.15, -0.1) is 0 Å². The zero-order valence-corrected chi connectivity index (χ0v) is 12.6. The number of carbonyl (C=O) groups excluding carboxylic acids is 1. The first-order valence-corrected chi connectivity index (χ1v) is 8.46. The van der Waals surface area contributed by atoms with E-state index in [1.165, 1.54) is 10.4 Å². The molecule has 0 bridgehead atoms. The summed E-state index contributed by atoms with van der Waals surface area (Å²) in [7, 11) is -3.62. The number of sulfonamides is 1. The topological polar surface area (TPSA) is 86.7 Å². The van der Waals surface area contributed by atoms with Crippen LogP contribution < -0.4 is 5.32 Å². The Morgan fingerprint density at radius 3 is 2.86 bits per heavy atom. The lowest BCUT2D eigenvalue weighted by Gasteiger charge is -2.29. The Balaban J connectivity index is 1.95.